The lowest BCUT2D eigenvalue weighted by Gasteiger charge is -2.11. The number of alkyl halides is 1. The molecule has 102 valence electrons. The SMILES string of the molecule is CC(CCl)CS(=O)(=O)c1nc2c(cc1C#N)CCC2. The summed E-state index contributed by atoms with van der Waals surface area (Å²) in [6.07, 6.45) is 2.62. The average Bonchev–Trinajstić information content (AvgIpc) is 2.83. The zero-order chi connectivity index (χ0) is 14.0. The quantitative estimate of drug-likeness (QED) is 0.798. The Morgan fingerprint density at radius 3 is 2.89 bits per heavy atom. The molecule has 1 aromatic heterocycles. The molecule has 0 saturated heterocycles. The van der Waals surface area contributed by atoms with Crippen molar-refractivity contribution in [2.75, 3.05) is 11.6 Å². The van der Waals surface area contributed by atoms with E-state index in [0.717, 1.165) is 30.5 Å². The highest BCUT2D eigenvalue weighted by atomic mass is 35.5. The largest absolute Gasteiger partial charge is 0.240 e. The summed E-state index contributed by atoms with van der Waals surface area (Å²) in [6.45, 7) is 1.77. The van der Waals surface area contributed by atoms with Gasteiger partial charge in [-0.15, -0.1) is 11.6 Å². The van der Waals surface area contributed by atoms with Crippen molar-refractivity contribution in [2.24, 2.45) is 5.92 Å². The Hall–Kier alpha value is -1.12. The van der Waals surface area contributed by atoms with Crippen molar-refractivity contribution in [3.63, 3.8) is 0 Å². The Kier molecular flexibility index (Phi) is 4.12. The van der Waals surface area contributed by atoms with Crippen LogP contribution in [0.25, 0.3) is 0 Å². The van der Waals surface area contributed by atoms with E-state index >= 15 is 0 Å². The molecule has 0 radical (unpaired) electrons. The van der Waals surface area contributed by atoms with E-state index in [2.05, 4.69) is 4.98 Å². The topological polar surface area (TPSA) is 70.8 Å². The van der Waals surface area contributed by atoms with E-state index in [4.69, 9.17) is 16.9 Å². The van der Waals surface area contributed by atoms with Crippen LogP contribution in [-0.4, -0.2) is 25.0 Å². The van der Waals surface area contributed by atoms with Crippen LogP contribution in [0, 0.1) is 17.2 Å². The maximum absolute atomic E-state index is 12.3. The molecule has 0 fully saturated rings. The molecule has 6 heteroatoms. The highest BCUT2D eigenvalue weighted by Crippen LogP contribution is 2.26. The Bertz CT molecular complexity index is 635. The summed E-state index contributed by atoms with van der Waals surface area (Å²) in [7, 11) is -3.55. The van der Waals surface area contributed by atoms with E-state index in [-0.39, 0.29) is 28.1 Å². The second-order valence-corrected chi connectivity index (χ2v) is 7.21. The van der Waals surface area contributed by atoms with E-state index in [1.807, 2.05) is 6.07 Å². The smallest absolute Gasteiger partial charge is 0.197 e. The minimum absolute atomic E-state index is 0.0725. The molecule has 0 aliphatic heterocycles. The van der Waals surface area contributed by atoms with Gasteiger partial charge in [-0.05, 0) is 36.8 Å². The van der Waals surface area contributed by atoms with E-state index in [1.54, 1.807) is 13.0 Å². The fourth-order valence-corrected chi connectivity index (χ4v) is 4.22. The number of rotatable bonds is 4. The Morgan fingerprint density at radius 2 is 2.26 bits per heavy atom. The van der Waals surface area contributed by atoms with Gasteiger partial charge in [-0.3, -0.25) is 0 Å². The molecule has 0 bridgehead atoms. The highest BCUT2D eigenvalue weighted by molar-refractivity contribution is 7.91. The Labute approximate surface area is 118 Å². The molecule has 1 heterocycles. The number of nitrogens with zero attached hydrogens (tertiary/aromatic N) is 2. The van der Waals surface area contributed by atoms with Gasteiger partial charge in [0.05, 0.1) is 11.3 Å². The second kappa shape index (κ2) is 5.48. The third kappa shape index (κ3) is 2.90. The van der Waals surface area contributed by atoms with Crippen LogP contribution >= 0.6 is 11.6 Å². The molecule has 1 aliphatic rings. The van der Waals surface area contributed by atoms with Crippen LogP contribution in [-0.2, 0) is 22.7 Å². The number of halogens is 1. The zero-order valence-corrected chi connectivity index (χ0v) is 12.3. The van der Waals surface area contributed by atoms with E-state index in [9.17, 15) is 8.42 Å². The number of aryl methyl sites for hydroxylation is 2. The molecule has 0 saturated carbocycles. The molecule has 1 atom stereocenters. The fourth-order valence-electron chi connectivity index (χ4n) is 2.27. The van der Waals surface area contributed by atoms with Gasteiger partial charge in [-0.1, -0.05) is 6.92 Å². The van der Waals surface area contributed by atoms with Crippen LogP contribution in [0.15, 0.2) is 11.1 Å². The lowest BCUT2D eigenvalue weighted by molar-refractivity contribution is 0.578. The van der Waals surface area contributed by atoms with Crippen LogP contribution in [0.3, 0.4) is 0 Å². The molecule has 1 aliphatic carbocycles. The van der Waals surface area contributed by atoms with Crippen molar-refractivity contribution in [1.29, 1.82) is 5.26 Å². The first-order valence-corrected chi connectivity index (χ1v) is 8.38. The summed E-state index contributed by atoms with van der Waals surface area (Å²) in [5, 5.41) is 9.05. The Balaban J connectivity index is 2.47. The molecular weight excluding hydrogens is 284 g/mol. The van der Waals surface area contributed by atoms with Gasteiger partial charge in [-0.2, -0.15) is 5.26 Å². The predicted octanol–water partition coefficient (Wildman–Crippen LogP) is 2.09. The van der Waals surface area contributed by atoms with E-state index in [1.165, 1.54) is 0 Å². The van der Waals surface area contributed by atoms with Crippen molar-refractivity contribution >= 4 is 21.4 Å². The summed E-state index contributed by atoms with van der Waals surface area (Å²) in [4.78, 5) is 4.23. The van der Waals surface area contributed by atoms with Crippen molar-refractivity contribution in [1.82, 2.24) is 4.98 Å². The zero-order valence-electron chi connectivity index (χ0n) is 10.7. The van der Waals surface area contributed by atoms with Crippen molar-refractivity contribution in [2.45, 2.75) is 31.2 Å². The monoisotopic (exact) mass is 298 g/mol. The molecule has 1 aromatic rings. The number of pyridine rings is 1. The van der Waals surface area contributed by atoms with E-state index < -0.39 is 9.84 Å². The fraction of sp³-hybridized carbons (Fsp3) is 0.538. The van der Waals surface area contributed by atoms with Gasteiger partial charge in [-0.25, -0.2) is 13.4 Å². The van der Waals surface area contributed by atoms with Gasteiger partial charge in [0.15, 0.2) is 14.9 Å². The van der Waals surface area contributed by atoms with Gasteiger partial charge in [0, 0.05) is 11.6 Å². The molecule has 0 amide bonds. The first-order valence-electron chi connectivity index (χ1n) is 6.19. The van der Waals surface area contributed by atoms with Crippen molar-refractivity contribution < 1.29 is 8.42 Å². The summed E-state index contributed by atoms with van der Waals surface area (Å²) in [6, 6.07) is 3.62. The molecular formula is C13H15ClN2O2S. The van der Waals surface area contributed by atoms with Crippen molar-refractivity contribution in [3.8, 4) is 6.07 Å². The summed E-state index contributed by atoms with van der Waals surface area (Å²) in [5.41, 5.74) is 1.97. The molecule has 1 unspecified atom stereocenters. The van der Waals surface area contributed by atoms with Crippen LogP contribution < -0.4 is 0 Å². The number of aromatic nitrogens is 1. The van der Waals surface area contributed by atoms with Gasteiger partial charge in [0.1, 0.15) is 6.07 Å². The predicted molar refractivity (Wildman–Crippen MR) is 72.9 cm³/mol. The molecule has 0 spiro atoms. The summed E-state index contributed by atoms with van der Waals surface area (Å²) >= 11 is 5.66. The number of hydrogen-bond donors (Lipinski definition) is 0. The van der Waals surface area contributed by atoms with Crippen LogP contribution in [0.4, 0.5) is 0 Å². The lowest BCUT2D eigenvalue weighted by Crippen LogP contribution is -2.18. The third-order valence-corrected chi connectivity index (χ3v) is 5.63. The van der Waals surface area contributed by atoms with Gasteiger partial charge >= 0.3 is 0 Å². The number of fused-ring (bicyclic) bond motifs is 1. The first kappa shape index (κ1) is 14.3. The van der Waals surface area contributed by atoms with Crippen LogP contribution in [0.2, 0.25) is 0 Å². The number of nitriles is 1. The normalized spacial score (nSPS) is 15.8. The molecule has 4 nitrogen and oxygen atoms in total. The van der Waals surface area contributed by atoms with Gasteiger partial charge in [0.2, 0.25) is 0 Å². The minimum Gasteiger partial charge on any atom is -0.240 e. The molecule has 19 heavy (non-hydrogen) atoms. The molecule has 0 aromatic carbocycles. The maximum Gasteiger partial charge on any atom is 0.197 e. The standard InChI is InChI=1S/C13H15ClN2O2S/c1-9(6-14)8-19(17,18)13-11(7-15)5-10-3-2-4-12(10)16-13/h5,9H,2-4,6,8H2,1H3. The minimum atomic E-state index is -3.55. The number of hydrogen-bond acceptors (Lipinski definition) is 4. The summed E-state index contributed by atoms with van der Waals surface area (Å²) in [5.74, 6) is 0.0384. The Morgan fingerprint density at radius 1 is 1.53 bits per heavy atom. The second-order valence-electron chi connectivity index (χ2n) is 4.95. The van der Waals surface area contributed by atoms with Gasteiger partial charge in [0.25, 0.3) is 0 Å². The molecule has 0 N–H and O–H groups in total. The maximum atomic E-state index is 12.3. The lowest BCUT2D eigenvalue weighted by atomic mass is 10.2. The molecule has 2 rings (SSSR count). The van der Waals surface area contributed by atoms with Crippen molar-refractivity contribution in [3.05, 3.63) is 22.9 Å². The first-order chi connectivity index (χ1) is 8.97. The third-order valence-electron chi connectivity index (χ3n) is 3.20. The highest BCUT2D eigenvalue weighted by Gasteiger charge is 2.26. The average molecular weight is 299 g/mol. The van der Waals surface area contributed by atoms with Crippen LogP contribution in [0.5, 0.6) is 0 Å². The van der Waals surface area contributed by atoms with Gasteiger partial charge < -0.3 is 0 Å². The van der Waals surface area contributed by atoms with E-state index in [0.29, 0.717) is 0 Å². The van der Waals surface area contributed by atoms with Crippen LogP contribution in [0.1, 0.15) is 30.2 Å². The number of sulfone groups is 1. The summed E-state index contributed by atoms with van der Waals surface area (Å²) < 4.78 is 24.6.